The number of halogens is 1. The molecule has 1 aromatic heterocycles. The van der Waals surface area contributed by atoms with E-state index in [0.29, 0.717) is 16.5 Å². The van der Waals surface area contributed by atoms with Crippen molar-refractivity contribution in [2.45, 2.75) is 0 Å². The van der Waals surface area contributed by atoms with Gasteiger partial charge in [-0.1, -0.05) is 78.3 Å². The fourth-order valence-corrected chi connectivity index (χ4v) is 2.87. The van der Waals surface area contributed by atoms with Gasteiger partial charge in [-0.05, 0) is 24.3 Å². The largest absolute Gasteiger partial charge is 0.219 e. The second kappa shape index (κ2) is 7.33. The van der Waals surface area contributed by atoms with Crippen LogP contribution >= 0.6 is 11.6 Å². The number of para-hydroxylation sites is 1. The van der Waals surface area contributed by atoms with Gasteiger partial charge in [0.1, 0.15) is 5.69 Å². The maximum atomic E-state index is 6.63. The minimum atomic E-state index is 0.426. The maximum absolute atomic E-state index is 6.63. The van der Waals surface area contributed by atoms with Gasteiger partial charge in [-0.3, -0.25) is 0 Å². The van der Waals surface area contributed by atoms with Gasteiger partial charge in [0.15, 0.2) is 10.8 Å². The minimum absolute atomic E-state index is 0.426. The van der Waals surface area contributed by atoms with Crippen molar-refractivity contribution in [1.82, 2.24) is 9.78 Å². The van der Waals surface area contributed by atoms with Gasteiger partial charge < -0.3 is 0 Å². The third kappa shape index (κ3) is 3.27. The predicted octanol–water partition coefficient (Wildman–Crippen LogP) is 6.61. The smallest absolute Gasteiger partial charge is 0.161 e. The van der Waals surface area contributed by atoms with E-state index in [-0.39, 0.29) is 0 Å². The summed E-state index contributed by atoms with van der Waals surface area (Å²) in [5.74, 6) is 0. The van der Waals surface area contributed by atoms with Crippen LogP contribution in [0, 0.1) is 0 Å². The summed E-state index contributed by atoms with van der Waals surface area (Å²) < 4.78 is 1.68. The summed E-state index contributed by atoms with van der Waals surface area (Å²) in [4.78, 5) is 0. The predicted molar refractivity (Wildman–Crippen MR) is 105 cm³/mol. The molecule has 0 radical (unpaired) electrons. The lowest BCUT2D eigenvalue weighted by molar-refractivity contribution is 0.885. The molecule has 0 aliphatic heterocycles. The highest BCUT2D eigenvalue weighted by Crippen LogP contribution is 2.38. The van der Waals surface area contributed by atoms with Crippen LogP contribution in [0.5, 0.6) is 0 Å². The van der Waals surface area contributed by atoms with Gasteiger partial charge in [-0.2, -0.15) is 10.2 Å². The van der Waals surface area contributed by atoms with Crippen LogP contribution in [-0.4, -0.2) is 9.78 Å². The number of benzene rings is 3. The molecule has 4 nitrogen and oxygen atoms in total. The van der Waals surface area contributed by atoms with Crippen molar-refractivity contribution in [2.24, 2.45) is 10.2 Å². The van der Waals surface area contributed by atoms with Crippen molar-refractivity contribution in [3.8, 4) is 16.9 Å². The van der Waals surface area contributed by atoms with E-state index in [1.54, 1.807) is 4.68 Å². The summed E-state index contributed by atoms with van der Waals surface area (Å²) in [6, 6.07) is 29.1. The summed E-state index contributed by atoms with van der Waals surface area (Å²) in [6.07, 6.45) is 0. The normalized spacial score (nSPS) is 11.1. The molecular formula is C21H15ClN4. The number of aromatic nitrogens is 2. The van der Waals surface area contributed by atoms with Crippen LogP contribution in [0.4, 0.5) is 11.4 Å². The Balaban J connectivity index is 1.85. The van der Waals surface area contributed by atoms with Gasteiger partial charge in [0.25, 0.3) is 0 Å². The number of azo groups is 1. The zero-order valence-corrected chi connectivity index (χ0v) is 14.6. The van der Waals surface area contributed by atoms with Gasteiger partial charge in [0, 0.05) is 5.56 Å². The molecule has 0 spiro atoms. The Morgan fingerprint density at radius 2 is 1.27 bits per heavy atom. The molecule has 26 heavy (non-hydrogen) atoms. The van der Waals surface area contributed by atoms with E-state index in [0.717, 1.165) is 16.9 Å². The maximum Gasteiger partial charge on any atom is 0.161 e. The molecule has 0 N–H and O–H groups in total. The molecule has 1 heterocycles. The monoisotopic (exact) mass is 358 g/mol. The van der Waals surface area contributed by atoms with E-state index >= 15 is 0 Å². The number of hydrogen-bond acceptors (Lipinski definition) is 3. The molecule has 0 saturated heterocycles. The molecule has 4 rings (SSSR count). The highest BCUT2D eigenvalue weighted by molar-refractivity contribution is 6.32. The third-order valence-electron chi connectivity index (χ3n) is 3.88. The SMILES string of the molecule is Clc1c(N=Nc2ccccc2)c(-c2ccccc2)nn1-c1ccccc1. The number of rotatable bonds is 4. The minimum Gasteiger partial charge on any atom is -0.219 e. The Morgan fingerprint density at radius 1 is 0.692 bits per heavy atom. The second-order valence-corrected chi connectivity index (χ2v) is 5.99. The molecular weight excluding hydrogens is 344 g/mol. The Kier molecular flexibility index (Phi) is 4.58. The standard InChI is InChI=1S/C21H15ClN4/c22-21-20(24-23-17-12-6-2-7-13-17)19(16-10-4-1-5-11-16)25-26(21)18-14-8-3-9-15-18/h1-15H. The molecule has 0 bridgehead atoms. The lowest BCUT2D eigenvalue weighted by atomic mass is 10.1. The van der Waals surface area contributed by atoms with E-state index in [1.165, 1.54) is 0 Å². The molecule has 0 aliphatic rings. The van der Waals surface area contributed by atoms with Gasteiger partial charge in [0.2, 0.25) is 0 Å². The summed E-state index contributed by atoms with van der Waals surface area (Å²) in [6.45, 7) is 0. The average molecular weight is 359 g/mol. The fraction of sp³-hybridized carbons (Fsp3) is 0. The van der Waals surface area contributed by atoms with E-state index in [1.807, 2.05) is 91.0 Å². The Bertz CT molecular complexity index is 1030. The highest BCUT2D eigenvalue weighted by Gasteiger charge is 2.18. The molecule has 0 atom stereocenters. The topological polar surface area (TPSA) is 42.5 Å². The van der Waals surface area contributed by atoms with Crippen LogP contribution in [0.25, 0.3) is 16.9 Å². The molecule has 0 saturated carbocycles. The first kappa shape index (κ1) is 16.2. The van der Waals surface area contributed by atoms with E-state index in [2.05, 4.69) is 10.2 Å². The van der Waals surface area contributed by atoms with Crippen molar-refractivity contribution >= 4 is 23.0 Å². The van der Waals surface area contributed by atoms with Crippen molar-refractivity contribution in [2.75, 3.05) is 0 Å². The van der Waals surface area contributed by atoms with E-state index < -0.39 is 0 Å². The molecule has 0 aliphatic carbocycles. The lowest BCUT2D eigenvalue weighted by Crippen LogP contribution is -1.95. The number of nitrogens with zero attached hydrogens (tertiary/aromatic N) is 4. The Labute approximate surface area is 156 Å². The van der Waals surface area contributed by atoms with Crippen LogP contribution < -0.4 is 0 Å². The average Bonchev–Trinajstić information content (AvgIpc) is 3.05. The molecule has 0 amide bonds. The lowest BCUT2D eigenvalue weighted by Gasteiger charge is -2.01. The van der Waals surface area contributed by atoms with Gasteiger partial charge in [-0.15, -0.1) is 5.11 Å². The first-order valence-corrected chi connectivity index (χ1v) is 8.57. The molecule has 3 aromatic carbocycles. The molecule has 4 aromatic rings. The van der Waals surface area contributed by atoms with Crippen LogP contribution in [-0.2, 0) is 0 Å². The summed E-state index contributed by atoms with van der Waals surface area (Å²) in [5.41, 5.74) is 3.81. The van der Waals surface area contributed by atoms with Crippen LogP contribution in [0.15, 0.2) is 101 Å². The molecule has 126 valence electrons. The quantitative estimate of drug-likeness (QED) is 0.378. The van der Waals surface area contributed by atoms with E-state index in [4.69, 9.17) is 16.7 Å². The Morgan fingerprint density at radius 3 is 1.92 bits per heavy atom. The first-order valence-electron chi connectivity index (χ1n) is 8.19. The Hall–Kier alpha value is -3.24. The van der Waals surface area contributed by atoms with Crippen molar-refractivity contribution in [3.63, 3.8) is 0 Å². The van der Waals surface area contributed by atoms with Crippen LogP contribution in [0.2, 0.25) is 5.15 Å². The van der Waals surface area contributed by atoms with Crippen LogP contribution in [0.1, 0.15) is 0 Å². The second-order valence-electron chi connectivity index (χ2n) is 5.64. The van der Waals surface area contributed by atoms with Gasteiger partial charge in [0.05, 0.1) is 11.4 Å². The van der Waals surface area contributed by atoms with Gasteiger partial charge in [-0.25, -0.2) is 4.68 Å². The molecule has 5 heteroatoms. The fourth-order valence-electron chi connectivity index (χ4n) is 2.61. The third-order valence-corrected chi connectivity index (χ3v) is 4.21. The van der Waals surface area contributed by atoms with E-state index in [9.17, 15) is 0 Å². The van der Waals surface area contributed by atoms with Crippen molar-refractivity contribution in [1.29, 1.82) is 0 Å². The summed E-state index contributed by atoms with van der Waals surface area (Å²) in [5, 5.41) is 13.8. The van der Waals surface area contributed by atoms with Crippen LogP contribution in [0.3, 0.4) is 0 Å². The van der Waals surface area contributed by atoms with Crippen molar-refractivity contribution < 1.29 is 0 Å². The van der Waals surface area contributed by atoms with Gasteiger partial charge >= 0.3 is 0 Å². The van der Waals surface area contributed by atoms with Crippen molar-refractivity contribution in [3.05, 3.63) is 96.1 Å². The summed E-state index contributed by atoms with van der Waals surface area (Å²) >= 11 is 6.63. The zero-order chi connectivity index (χ0) is 17.8. The molecule has 0 fully saturated rings. The zero-order valence-electron chi connectivity index (χ0n) is 13.8. The number of hydrogen-bond donors (Lipinski definition) is 0. The first-order chi connectivity index (χ1) is 12.8. The summed E-state index contributed by atoms with van der Waals surface area (Å²) in [7, 11) is 0. The molecule has 0 unspecified atom stereocenters. The highest BCUT2D eigenvalue weighted by atomic mass is 35.5.